The predicted octanol–water partition coefficient (Wildman–Crippen LogP) is 0.895. The molecule has 2 amide bonds. The SMILES string of the molecule is CC(=O)NCCNc1nc(-c2ccccc2)nc2c1CC(C(=O)N1CCN(CCCN3CCOCC3)CC1)N2. The summed E-state index contributed by atoms with van der Waals surface area (Å²) in [5.74, 6) is 2.05. The van der Waals surface area contributed by atoms with Gasteiger partial charge >= 0.3 is 0 Å². The van der Waals surface area contributed by atoms with Crippen molar-refractivity contribution in [2.75, 3.05) is 89.3 Å². The average Bonchev–Trinajstić information content (AvgIpc) is 3.41. The number of nitrogens with zero attached hydrogens (tertiary/aromatic N) is 5. The van der Waals surface area contributed by atoms with E-state index in [2.05, 4.69) is 25.8 Å². The van der Waals surface area contributed by atoms with Gasteiger partial charge in [-0.25, -0.2) is 9.97 Å². The van der Waals surface area contributed by atoms with Crippen molar-refractivity contribution in [2.24, 2.45) is 0 Å². The highest BCUT2D eigenvalue weighted by molar-refractivity contribution is 5.88. The number of rotatable bonds is 10. The predicted molar refractivity (Wildman–Crippen MR) is 151 cm³/mol. The van der Waals surface area contributed by atoms with Crippen molar-refractivity contribution in [2.45, 2.75) is 25.8 Å². The van der Waals surface area contributed by atoms with E-state index in [9.17, 15) is 9.59 Å². The third-order valence-corrected chi connectivity index (χ3v) is 7.58. The minimum atomic E-state index is -0.357. The van der Waals surface area contributed by atoms with Crippen LogP contribution in [-0.4, -0.2) is 121 Å². The molecule has 0 bridgehead atoms. The monoisotopic (exact) mass is 536 g/mol. The number of hydrogen-bond acceptors (Lipinski definition) is 9. The Bertz CT molecular complexity index is 1120. The quantitative estimate of drug-likeness (QED) is 0.381. The van der Waals surface area contributed by atoms with Gasteiger partial charge in [-0.05, 0) is 19.5 Å². The highest BCUT2D eigenvalue weighted by Crippen LogP contribution is 2.32. The minimum Gasteiger partial charge on any atom is -0.379 e. The summed E-state index contributed by atoms with van der Waals surface area (Å²) in [6, 6.07) is 9.46. The summed E-state index contributed by atoms with van der Waals surface area (Å²) in [5, 5.41) is 9.54. The number of fused-ring (bicyclic) bond motifs is 1. The van der Waals surface area contributed by atoms with Crippen LogP contribution in [0.25, 0.3) is 11.4 Å². The number of carbonyl (C=O) groups excluding carboxylic acids is 2. The zero-order valence-corrected chi connectivity index (χ0v) is 22.8. The van der Waals surface area contributed by atoms with Gasteiger partial charge in [0.15, 0.2) is 5.82 Å². The van der Waals surface area contributed by atoms with Gasteiger partial charge in [-0.3, -0.25) is 19.4 Å². The first-order valence-corrected chi connectivity index (χ1v) is 14.1. The van der Waals surface area contributed by atoms with Crippen molar-refractivity contribution in [3.8, 4) is 11.4 Å². The first-order chi connectivity index (χ1) is 19.1. The molecule has 210 valence electrons. The highest BCUT2D eigenvalue weighted by Gasteiger charge is 2.35. The number of carbonyl (C=O) groups is 2. The van der Waals surface area contributed by atoms with Gasteiger partial charge in [0.1, 0.15) is 17.7 Å². The van der Waals surface area contributed by atoms with Gasteiger partial charge in [-0.2, -0.15) is 0 Å². The molecular weight excluding hydrogens is 496 g/mol. The van der Waals surface area contributed by atoms with E-state index in [-0.39, 0.29) is 17.9 Å². The van der Waals surface area contributed by atoms with E-state index in [0.29, 0.717) is 37.0 Å². The Balaban J connectivity index is 1.17. The Morgan fingerprint density at radius 1 is 0.974 bits per heavy atom. The van der Waals surface area contributed by atoms with E-state index >= 15 is 0 Å². The van der Waals surface area contributed by atoms with E-state index < -0.39 is 0 Å². The van der Waals surface area contributed by atoms with Gasteiger partial charge in [-0.1, -0.05) is 30.3 Å². The summed E-state index contributed by atoms with van der Waals surface area (Å²) in [5.41, 5.74) is 1.82. The second kappa shape index (κ2) is 13.2. The van der Waals surface area contributed by atoms with Gasteiger partial charge in [0.25, 0.3) is 0 Å². The summed E-state index contributed by atoms with van der Waals surface area (Å²) in [6.45, 7) is 11.7. The van der Waals surface area contributed by atoms with E-state index in [0.717, 1.165) is 83.1 Å². The molecule has 1 unspecified atom stereocenters. The number of aromatic nitrogens is 2. The molecule has 0 saturated carbocycles. The van der Waals surface area contributed by atoms with E-state index in [1.165, 1.54) is 6.92 Å². The topological polar surface area (TPSA) is 115 Å². The van der Waals surface area contributed by atoms with Crippen LogP contribution in [0.1, 0.15) is 18.9 Å². The fourth-order valence-corrected chi connectivity index (χ4v) is 5.40. The molecule has 0 aliphatic carbocycles. The molecule has 0 spiro atoms. The number of hydrogen-bond donors (Lipinski definition) is 3. The molecule has 39 heavy (non-hydrogen) atoms. The fourth-order valence-electron chi connectivity index (χ4n) is 5.40. The van der Waals surface area contributed by atoms with Crippen LogP contribution in [0.4, 0.5) is 11.6 Å². The molecule has 1 aromatic heterocycles. The first kappa shape index (κ1) is 27.3. The molecule has 3 aliphatic rings. The van der Waals surface area contributed by atoms with Crippen LogP contribution in [0.5, 0.6) is 0 Å². The standard InChI is InChI=1S/C28H40N8O3/c1-21(37)29-8-9-30-26-23-20-24(31-27(23)33-25(32-26)22-6-3-2-4-7-22)28(38)36-14-12-34(13-15-36)10-5-11-35-16-18-39-19-17-35/h2-4,6-7,24H,5,8-20H2,1H3,(H,29,37)(H2,30,31,32,33). The van der Waals surface area contributed by atoms with Crippen LogP contribution in [0.2, 0.25) is 0 Å². The van der Waals surface area contributed by atoms with Crippen molar-refractivity contribution in [1.29, 1.82) is 0 Å². The molecule has 3 aliphatic heterocycles. The van der Waals surface area contributed by atoms with E-state index in [1.54, 1.807) is 0 Å². The van der Waals surface area contributed by atoms with Crippen molar-refractivity contribution < 1.29 is 14.3 Å². The molecule has 11 nitrogen and oxygen atoms in total. The summed E-state index contributed by atoms with van der Waals surface area (Å²) in [7, 11) is 0. The lowest BCUT2D eigenvalue weighted by molar-refractivity contribution is -0.133. The summed E-state index contributed by atoms with van der Waals surface area (Å²) in [6.07, 6.45) is 1.68. The maximum absolute atomic E-state index is 13.5. The Labute approximate surface area is 230 Å². The van der Waals surface area contributed by atoms with Crippen molar-refractivity contribution in [3.63, 3.8) is 0 Å². The zero-order valence-electron chi connectivity index (χ0n) is 22.8. The van der Waals surface area contributed by atoms with E-state index in [4.69, 9.17) is 14.7 Å². The zero-order chi connectivity index (χ0) is 27.0. The molecule has 2 fully saturated rings. The maximum atomic E-state index is 13.5. The molecule has 1 aromatic carbocycles. The molecule has 5 rings (SSSR count). The molecule has 4 heterocycles. The average molecular weight is 537 g/mol. The van der Waals surface area contributed by atoms with Gasteiger partial charge in [0, 0.05) is 76.8 Å². The van der Waals surface area contributed by atoms with Crippen molar-refractivity contribution >= 4 is 23.5 Å². The van der Waals surface area contributed by atoms with Crippen LogP contribution in [-0.2, 0) is 20.7 Å². The van der Waals surface area contributed by atoms with Crippen LogP contribution < -0.4 is 16.0 Å². The number of benzene rings is 1. The van der Waals surface area contributed by atoms with Crippen molar-refractivity contribution in [3.05, 3.63) is 35.9 Å². The molecule has 2 aromatic rings. The fraction of sp³-hybridized carbons (Fsp3) is 0.571. The van der Waals surface area contributed by atoms with Crippen LogP contribution in [0.15, 0.2) is 30.3 Å². The molecule has 0 radical (unpaired) electrons. The summed E-state index contributed by atoms with van der Waals surface area (Å²) in [4.78, 5) is 41.3. The van der Waals surface area contributed by atoms with Crippen LogP contribution in [0, 0.1) is 0 Å². The second-order valence-corrected chi connectivity index (χ2v) is 10.4. The normalized spacial score (nSPS) is 19.8. The first-order valence-electron chi connectivity index (χ1n) is 14.1. The highest BCUT2D eigenvalue weighted by atomic mass is 16.5. The van der Waals surface area contributed by atoms with Gasteiger partial charge in [0.05, 0.1) is 13.2 Å². The third kappa shape index (κ3) is 7.23. The number of nitrogens with one attached hydrogen (secondary N) is 3. The third-order valence-electron chi connectivity index (χ3n) is 7.58. The Hall–Kier alpha value is -3.28. The minimum absolute atomic E-state index is 0.0702. The Kier molecular flexibility index (Phi) is 9.23. The van der Waals surface area contributed by atoms with Crippen LogP contribution >= 0.6 is 0 Å². The van der Waals surface area contributed by atoms with Crippen molar-refractivity contribution in [1.82, 2.24) is 30.0 Å². The Morgan fingerprint density at radius 3 is 2.41 bits per heavy atom. The lowest BCUT2D eigenvalue weighted by Gasteiger charge is -2.36. The van der Waals surface area contributed by atoms with Gasteiger partial charge in [0.2, 0.25) is 11.8 Å². The number of amides is 2. The molecule has 1 atom stereocenters. The lowest BCUT2D eigenvalue weighted by Crippen LogP contribution is -2.52. The smallest absolute Gasteiger partial charge is 0.245 e. The van der Waals surface area contributed by atoms with Crippen LogP contribution in [0.3, 0.4) is 0 Å². The molecule has 3 N–H and O–H groups in total. The number of morpholine rings is 1. The van der Waals surface area contributed by atoms with Gasteiger partial charge < -0.3 is 25.6 Å². The molecule has 11 heteroatoms. The van der Waals surface area contributed by atoms with Gasteiger partial charge in [-0.15, -0.1) is 0 Å². The largest absolute Gasteiger partial charge is 0.379 e. The molecular formula is C28H40N8O3. The maximum Gasteiger partial charge on any atom is 0.245 e. The summed E-state index contributed by atoms with van der Waals surface area (Å²) < 4.78 is 5.44. The van der Waals surface area contributed by atoms with E-state index in [1.807, 2.05) is 35.2 Å². The Morgan fingerprint density at radius 2 is 1.69 bits per heavy atom. The number of ether oxygens (including phenoxy) is 1. The number of piperazine rings is 1. The second-order valence-electron chi connectivity index (χ2n) is 10.4. The lowest BCUT2D eigenvalue weighted by atomic mass is 10.1. The summed E-state index contributed by atoms with van der Waals surface area (Å²) >= 11 is 0. The number of anilines is 2. The molecule has 2 saturated heterocycles.